The number of ether oxygens (including phenoxy) is 3. The molecule has 0 aliphatic carbocycles. The predicted molar refractivity (Wildman–Crippen MR) is 84.3 cm³/mol. The van der Waals surface area contributed by atoms with Gasteiger partial charge in [-0.3, -0.25) is 4.79 Å². The molecule has 0 radical (unpaired) electrons. The van der Waals surface area contributed by atoms with E-state index in [0.29, 0.717) is 26.4 Å². The summed E-state index contributed by atoms with van der Waals surface area (Å²) in [4.78, 5) is 14.5. The summed E-state index contributed by atoms with van der Waals surface area (Å²) in [7, 11) is 0. The van der Waals surface area contributed by atoms with E-state index in [1.165, 1.54) is 0 Å². The predicted octanol–water partition coefficient (Wildman–Crippen LogP) is 2.31. The van der Waals surface area contributed by atoms with E-state index in [4.69, 9.17) is 14.2 Å². The molecule has 2 aromatic carbocycles. The maximum Gasteiger partial charge on any atom is 0.292 e. The summed E-state index contributed by atoms with van der Waals surface area (Å²) in [5.74, 6) is -0.646. The van der Waals surface area contributed by atoms with Gasteiger partial charge in [0.1, 0.15) is 12.4 Å². The Labute approximate surface area is 134 Å². The van der Waals surface area contributed by atoms with Gasteiger partial charge < -0.3 is 19.1 Å². The Kier molecular flexibility index (Phi) is 3.52. The van der Waals surface area contributed by atoms with Gasteiger partial charge in [-0.1, -0.05) is 36.4 Å². The van der Waals surface area contributed by atoms with E-state index in [0.717, 1.165) is 17.0 Å². The second-order valence-electron chi connectivity index (χ2n) is 5.45. The zero-order valence-electron chi connectivity index (χ0n) is 12.6. The summed E-state index contributed by atoms with van der Waals surface area (Å²) in [5, 5.41) is 0. The average Bonchev–Trinajstić information content (AvgIpc) is 3.17. The number of nitrogens with zero attached hydrogens (tertiary/aromatic N) is 1. The van der Waals surface area contributed by atoms with Gasteiger partial charge in [0.2, 0.25) is 0 Å². The van der Waals surface area contributed by atoms with Gasteiger partial charge >= 0.3 is 0 Å². The normalized spacial score (nSPS) is 18.4. The molecule has 0 bridgehead atoms. The highest BCUT2D eigenvalue weighted by atomic mass is 16.7. The molecule has 1 amide bonds. The van der Waals surface area contributed by atoms with Gasteiger partial charge in [-0.15, -0.1) is 0 Å². The van der Waals surface area contributed by atoms with Crippen LogP contribution in [0.4, 0.5) is 5.69 Å². The van der Waals surface area contributed by atoms with Gasteiger partial charge in [0.15, 0.2) is 0 Å². The maximum absolute atomic E-state index is 12.8. The van der Waals surface area contributed by atoms with Crippen molar-refractivity contribution in [3.63, 3.8) is 0 Å². The van der Waals surface area contributed by atoms with Crippen LogP contribution in [-0.4, -0.2) is 32.3 Å². The third-order valence-electron chi connectivity index (χ3n) is 4.10. The Morgan fingerprint density at radius 2 is 1.70 bits per heavy atom. The number of amides is 1. The van der Waals surface area contributed by atoms with Crippen molar-refractivity contribution in [2.75, 3.05) is 31.3 Å². The van der Waals surface area contributed by atoms with Gasteiger partial charge in [0.05, 0.1) is 25.4 Å². The van der Waals surface area contributed by atoms with E-state index >= 15 is 0 Å². The Bertz CT molecular complexity index is 710. The molecule has 0 unspecified atom stereocenters. The molecule has 4 rings (SSSR count). The van der Waals surface area contributed by atoms with Gasteiger partial charge in [0.25, 0.3) is 11.7 Å². The van der Waals surface area contributed by atoms with Crippen LogP contribution in [0.2, 0.25) is 0 Å². The van der Waals surface area contributed by atoms with Crippen LogP contribution in [0.15, 0.2) is 54.6 Å². The van der Waals surface area contributed by atoms with E-state index in [9.17, 15) is 4.79 Å². The molecular weight excluding hydrogens is 294 g/mol. The number of para-hydroxylation sites is 2. The van der Waals surface area contributed by atoms with E-state index in [1.807, 2.05) is 54.6 Å². The molecule has 23 heavy (non-hydrogen) atoms. The van der Waals surface area contributed by atoms with Gasteiger partial charge in [-0.2, -0.15) is 0 Å². The molecule has 5 nitrogen and oxygen atoms in total. The zero-order chi connectivity index (χ0) is 15.7. The number of hydrogen-bond donors (Lipinski definition) is 0. The lowest BCUT2D eigenvalue weighted by molar-refractivity contribution is -0.180. The van der Waals surface area contributed by atoms with Crippen LogP contribution in [0.25, 0.3) is 0 Å². The topological polar surface area (TPSA) is 48.0 Å². The summed E-state index contributed by atoms with van der Waals surface area (Å²) in [6, 6.07) is 17.2. The Balaban J connectivity index is 1.54. The number of carbonyl (C=O) groups is 1. The molecule has 2 aliphatic heterocycles. The summed E-state index contributed by atoms with van der Waals surface area (Å²) in [6.07, 6.45) is 0. The fourth-order valence-electron chi connectivity index (χ4n) is 3.07. The summed E-state index contributed by atoms with van der Waals surface area (Å²) >= 11 is 0. The smallest absolute Gasteiger partial charge is 0.292 e. The van der Waals surface area contributed by atoms with E-state index in [1.54, 1.807) is 4.90 Å². The highest BCUT2D eigenvalue weighted by molar-refractivity contribution is 6.06. The first-order valence-corrected chi connectivity index (χ1v) is 7.68. The fourth-order valence-corrected chi connectivity index (χ4v) is 3.07. The average molecular weight is 311 g/mol. The van der Waals surface area contributed by atoms with Crippen molar-refractivity contribution >= 4 is 11.6 Å². The van der Waals surface area contributed by atoms with Crippen molar-refractivity contribution in [3.05, 3.63) is 60.2 Å². The second kappa shape index (κ2) is 5.68. The first-order valence-electron chi connectivity index (χ1n) is 7.68. The largest absolute Gasteiger partial charge is 0.492 e. The molecule has 1 fully saturated rings. The third-order valence-corrected chi connectivity index (χ3v) is 4.10. The van der Waals surface area contributed by atoms with Crippen molar-refractivity contribution in [1.29, 1.82) is 0 Å². The number of benzene rings is 2. The summed E-state index contributed by atoms with van der Waals surface area (Å²) in [5.41, 5.74) is 1.61. The molecular formula is C18H17NO4. The van der Waals surface area contributed by atoms with Crippen LogP contribution in [0.1, 0.15) is 5.56 Å². The van der Waals surface area contributed by atoms with Crippen molar-refractivity contribution in [1.82, 2.24) is 0 Å². The Morgan fingerprint density at radius 3 is 2.48 bits per heavy atom. The minimum Gasteiger partial charge on any atom is -0.492 e. The van der Waals surface area contributed by atoms with Crippen LogP contribution in [0.5, 0.6) is 5.75 Å². The SMILES string of the molecule is O=C1N(CCOc2ccccc2)c2ccccc2C12OCCO2. The van der Waals surface area contributed by atoms with E-state index in [2.05, 4.69) is 0 Å². The molecule has 2 heterocycles. The molecule has 1 saturated heterocycles. The standard InChI is InChI=1S/C18H17NO4/c20-17-18(22-12-13-23-18)15-8-4-5-9-16(15)19(17)10-11-21-14-6-2-1-3-7-14/h1-9H,10-13H2. The Hall–Kier alpha value is -2.37. The zero-order valence-corrected chi connectivity index (χ0v) is 12.6. The summed E-state index contributed by atoms with van der Waals surface area (Å²) in [6.45, 7) is 1.70. The van der Waals surface area contributed by atoms with E-state index in [-0.39, 0.29) is 5.91 Å². The molecule has 0 atom stereocenters. The Morgan fingerprint density at radius 1 is 1.00 bits per heavy atom. The van der Waals surface area contributed by atoms with Crippen LogP contribution < -0.4 is 9.64 Å². The lowest BCUT2D eigenvalue weighted by Gasteiger charge is -2.22. The van der Waals surface area contributed by atoms with Crippen LogP contribution in [-0.2, 0) is 20.1 Å². The van der Waals surface area contributed by atoms with Crippen LogP contribution in [0.3, 0.4) is 0 Å². The third kappa shape index (κ3) is 2.29. The second-order valence-corrected chi connectivity index (χ2v) is 5.45. The van der Waals surface area contributed by atoms with Crippen molar-refractivity contribution < 1.29 is 19.0 Å². The van der Waals surface area contributed by atoms with Gasteiger partial charge in [0, 0.05) is 5.56 Å². The number of carbonyl (C=O) groups excluding carboxylic acids is 1. The first-order chi connectivity index (χ1) is 11.3. The van der Waals surface area contributed by atoms with Crippen LogP contribution in [0, 0.1) is 0 Å². The van der Waals surface area contributed by atoms with Gasteiger partial charge in [-0.25, -0.2) is 0 Å². The van der Waals surface area contributed by atoms with Crippen molar-refractivity contribution in [2.45, 2.75) is 5.79 Å². The molecule has 0 N–H and O–H groups in total. The minimum atomic E-state index is -1.26. The van der Waals surface area contributed by atoms with Crippen LogP contribution >= 0.6 is 0 Å². The molecule has 1 spiro atoms. The molecule has 0 aromatic heterocycles. The lowest BCUT2D eigenvalue weighted by atomic mass is 10.1. The minimum absolute atomic E-state index is 0.173. The number of anilines is 1. The van der Waals surface area contributed by atoms with Crippen molar-refractivity contribution in [3.8, 4) is 5.75 Å². The van der Waals surface area contributed by atoms with E-state index < -0.39 is 5.79 Å². The molecule has 5 heteroatoms. The number of rotatable bonds is 4. The summed E-state index contributed by atoms with van der Waals surface area (Å²) < 4.78 is 17.1. The first kappa shape index (κ1) is 14.2. The monoisotopic (exact) mass is 311 g/mol. The molecule has 118 valence electrons. The number of fused-ring (bicyclic) bond motifs is 2. The fraction of sp³-hybridized carbons (Fsp3) is 0.278. The van der Waals surface area contributed by atoms with Crippen molar-refractivity contribution in [2.24, 2.45) is 0 Å². The van der Waals surface area contributed by atoms with Gasteiger partial charge in [-0.05, 0) is 18.2 Å². The molecule has 2 aliphatic rings. The molecule has 2 aromatic rings. The molecule has 0 saturated carbocycles. The quantitative estimate of drug-likeness (QED) is 0.869. The number of hydrogen-bond acceptors (Lipinski definition) is 4. The lowest BCUT2D eigenvalue weighted by Crippen LogP contribution is -2.42. The highest BCUT2D eigenvalue weighted by Crippen LogP contribution is 2.45. The maximum atomic E-state index is 12.8. The highest BCUT2D eigenvalue weighted by Gasteiger charge is 2.55.